The summed E-state index contributed by atoms with van der Waals surface area (Å²) in [5, 5.41) is 0. The highest BCUT2D eigenvalue weighted by molar-refractivity contribution is 6.03. The van der Waals surface area contributed by atoms with E-state index in [1.54, 1.807) is 6.92 Å². The Kier molecular flexibility index (Phi) is 4.53. The number of ether oxygens (including phenoxy) is 1. The van der Waals surface area contributed by atoms with Crippen LogP contribution in [-0.2, 0) is 4.74 Å². The van der Waals surface area contributed by atoms with Gasteiger partial charge in [0.2, 0.25) is 5.78 Å². The predicted molar refractivity (Wildman–Crippen MR) is 72.7 cm³/mol. The highest BCUT2D eigenvalue weighted by Gasteiger charge is 2.44. The topological polar surface area (TPSA) is 26.3 Å². The standard InChI is InChI=1S/C16H20F2O2/c1-3-20-16(9-5-6-11(2)10-16)15(19)14-12(17)7-4-8-13(14)18/h4,7-8,11H,3,5-6,9-10H2,1-2H3. The summed E-state index contributed by atoms with van der Waals surface area (Å²) in [5.74, 6) is -1.87. The first-order valence-electron chi connectivity index (χ1n) is 7.13. The van der Waals surface area contributed by atoms with Gasteiger partial charge in [0.25, 0.3) is 0 Å². The smallest absolute Gasteiger partial charge is 0.200 e. The summed E-state index contributed by atoms with van der Waals surface area (Å²) in [6.07, 6.45) is 2.90. The number of ketones is 1. The van der Waals surface area contributed by atoms with Crippen molar-refractivity contribution in [1.82, 2.24) is 0 Å². The van der Waals surface area contributed by atoms with Crippen molar-refractivity contribution in [2.24, 2.45) is 5.92 Å². The summed E-state index contributed by atoms with van der Waals surface area (Å²) in [6, 6.07) is 3.49. The van der Waals surface area contributed by atoms with E-state index < -0.39 is 28.6 Å². The first-order chi connectivity index (χ1) is 9.50. The molecule has 1 aliphatic rings. The Morgan fingerprint density at radius 3 is 2.60 bits per heavy atom. The van der Waals surface area contributed by atoms with Crippen LogP contribution in [0.5, 0.6) is 0 Å². The van der Waals surface area contributed by atoms with Crippen molar-refractivity contribution in [3.8, 4) is 0 Å². The van der Waals surface area contributed by atoms with E-state index in [4.69, 9.17) is 4.74 Å². The number of rotatable bonds is 4. The van der Waals surface area contributed by atoms with Crippen molar-refractivity contribution in [2.45, 2.75) is 45.1 Å². The lowest BCUT2D eigenvalue weighted by Crippen LogP contribution is -2.46. The summed E-state index contributed by atoms with van der Waals surface area (Å²) < 4.78 is 33.4. The molecule has 20 heavy (non-hydrogen) atoms. The van der Waals surface area contributed by atoms with Gasteiger partial charge in [0, 0.05) is 6.61 Å². The third-order valence-corrected chi connectivity index (χ3v) is 3.98. The van der Waals surface area contributed by atoms with Crippen LogP contribution in [0.2, 0.25) is 0 Å². The molecule has 0 amide bonds. The summed E-state index contributed by atoms with van der Waals surface area (Å²) in [4.78, 5) is 12.7. The maximum atomic E-state index is 13.8. The third kappa shape index (κ3) is 2.75. The molecule has 1 aliphatic carbocycles. The number of hydrogen-bond donors (Lipinski definition) is 0. The molecule has 1 fully saturated rings. The van der Waals surface area contributed by atoms with Crippen LogP contribution < -0.4 is 0 Å². The largest absolute Gasteiger partial charge is 0.367 e. The molecule has 1 aromatic rings. The van der Waals surface area contributed by atoms with Gasteiger partial charge in [-0.3, -0.25) is 4.79 Å². The van der Waals surface area contributed by atoms with E-state index in [-0.39, 0.29) is 0 Å². The normalized spacial score (nSPS) is 26.5. The maximum Gasteiger partial charge on any atom is 0.200 e. The maximum absolute atomic E-state index is 13.8. The average Bonchev–Trinajstić information content (AvgIpc) is 2.38. The number of Topliss-reactive ketones (excluding diaryl/α,β-unsaturated/α-hetero) is 1. The van der Waals surface area contributed by atoms with E-state index in [0.717, 1.165) is 25.0 Å². The Morgan fingerprint density at radius 2 is 2.05 bits per heavy atom. The van der Waals surface area contributed by atoms with Crippen LogP contribution in [0.15, 0.2) is 18.2 Å². The van der Waals surface area contributed by atoms with Crippen molar-refractivity contribution < 1.29 is 18.3 Å². The lowest BCUT2D eigenvalue weighted by atomic mass is 9.74. The van der Waals surface area contributed by atoms with Crippen LogP contribution in [-0.4, -0.2) is 18.0 Å². The molecule has 2 rings (SSSR count). The zero-order valence-corrected chi connectivity index (χ0v) is 11.9. The predicted octanol–water partition coefficient (Wildman–Crippen LogP) is 4.13. The van der Waals surface area contributed by atoms with Crippen LogP contribution in [0, 0.1) is 17.6 Å². The van der Waals surface area contributed by atoms with Gasteiger partial charge < -0.3 is 4.74 Å². The Hall–Kier alpha value is -1.29. The Balaban J connectivity index is 2.41. The minimum absolute atomic E-state index is 0.314. The highest BCUT2D eigenvalue weighted by atomic mass is 19.1. The molecule has 2 nitrogen and oxygen atoms in total. The molecular formula is C16H20F2O2. The monoisotopic (exact) mass is 282 g/mol. The summed E-state index contributed by atoms with van der Waals surface area (Å²) in [5.41, 5.74) is -1.54. The zero-order valence-electron chi connectivity index (χ0n) is 11.9. The molecule has 0 spiro atoms. The molecule has 0 saturated heterocycles. The van der Waals surface area contributed by atoms with Gasteiger partial charge in [-0.15, -0.1) is 0 Å². The first-order valence-corrected chi connectivity index (χ1v) is 7.13. The molecule has 0 heterocycles. The molecule has 2 atom stereocenters. The third-order valence-electron chi connectivity index (χ3n) is 3.98. The van der Waals surface area contributed by atoms with Gasteiger partial charge in [0.1, 0.15) is 17.2 Å². The van der Waals surface area contributed by atoms with Crippen LogP contribution in [0.1, 0.15) is 49.9 Å². The Labute approximate surface area is 118 Å². The molecule has 0 aromatic heterocycles. The van der Waals surface area contributed by atoms with E-state index in [0.29, 0.717) is 25.4 Å². The molecular weight excluding hydrogens is 262 g/mol. The minimum atomic E-state index is -1.07. The fourth-order valence-electron chi connectivity index (χ4n) is 3.12. The minimum Gasteiger partial charge on any atom is -0.367 e. The molecule has 0 bridgehead atoms. The van der Waals surface area contributed by atoms with Crippen LogP contribution in [0.25, 0.3) is 0 Å². The van der Waals surface area contributed by atoms with Gasteiger partial charge in [-0.05, 0) is 44.2 Å². The summed E-state index contributed by atoms with van der Waals surface area (Å²) >= 11 is 0. The van der Waals surface area contributed by atoms with Crippen molar-refractivity contribution in [3.05, 3.63) is 35.4 Å². The van der Waals surface area contributed by atoms with E-state index in [9.17, 15) is 13.6 Å². The number of halogens is 2. The lowest BCUT2D eigenvalue weighted by molar-refractivity contribution is -0.0516. The molecule has 4 heteroatoms. The average molecular weight is 282 g/mol. The number of benzene rings is 1. The fraction of sp³-hybridized carbons (Fsp3) is 0.562. The second-order valence-electron chi connectivity index (χ2n) is 5.55. The van der Waals surface area contributed by atoms with E-state index in [1.165, 1.54) is 6.07 Å². The van der Waals surface area contributed by atoms with E-state index in [2.05, 4.69) is 0 Å². The molecule has 0 N–H and O–H groups in total. The van der Waals surface area contributed by atoms with Crippen molar-refractivity contribution in [1.29, 1.82) is 0 Å². The van der Waals surface area contributed by atoms with Gasteiger partial charge in [0.15, 0.2) is 0 Å². The Morgan fingerprint density at radius 1 is 1.40 bits per heavy atom. The van der Waals surface area contributed by atoms with Crippen LogP contribution in [0.4, 0.5) is 8.78 Å². The Bertz CT molecular complexity index is 477. The van der Waals surface area contributed by atoms with Crippen molar-refractivity contribution in [3.63, 3.8) is 0 Å². The zero-order chi connectivity index (χ0) is 14.8. The van der Waals surface area contributed by atoms with Crippen LogP contribution in [0.3, 0.4) is 0 Å². The SMILES string of the molecule is CCOC1(C(=O)c2c(F)cccc2F)CCCC(C)C1. The fourth-order valence-corrected chi connectivity index (χ4v) is 3.12. The molecule has 0 aliphatic heterocycles. The van der Waals surface area contributed by atoms with Gasteiger partial charge >= 0.3 is 0 Å². The van der Waals surface area contributed by atoms with Crippen molar-refractivity contribution in [2.75, 3.05) is 6.61 Å². The van der Waals surface area contributed by atoms with Crippen molar-refractivity contribution >= 4 is 5.78 Å². The molecule has 1 aromatic carbocycles. The summed E-state index contributed by atoms with van der Waals surface area (Å²) in [6.45, 7) is 4.19. The molecule has 1 saturated carbocycles. The second kappa shape index (κ2) is 6.00. The molecule has 0 radical (unpaired) electrons. The lowest BCUT2D eigenvalue weighted by Gasteiger charge is -2.38. The second-order valence-corrected chi connectivity index (χ2v) is 5.55. The first kappa shape index (κ1) is 15.1. The van der Waals surface area contributed by atoms with Gasteiger partial charge in [0.05, 0.1) is 5.56 Å². The number of carbonyl (C=O) groups excluding carboxylic acids is 1. The summed E-state index contributed by atoms with van der Waals surface area (Å²) in [7, 11) is 0. The molecule has 2 unspecified atom stereocenters. The number of hydrogen-bond acceptors (Lipinski definition) is 2. The van der Waals surface area contributed by atoms with Gasteiger partial charge in [-0.25, -0.2) is 8.78 Å². The van der Waals surface area contributed by atoms with E-state index in [1.807, 2.05) is 6.92 Å². The van der Waals surface area contributed by atoms with Crippen LogP contribution >= 0.6 is 0 Å². The highest BCUT2D eigenvalue weighted by Crippen LogP contribution is 2.38. The van der Waals surface area contributed by atoms with Gasteiger partial charge in [-0.2, -0.15) is 0 Å². The quantitative estimate of drug-likeness (QED) is 0.776. The van der Waals surface area contributed by atoms with Gasteiger partial charge in [-0.1, -0.05) is 19.4 Å². The molecule has 110 valence electrons. The number of carbonyl (C=O) groups is 1. The van der Waals surface area contributed by atoms with E-state index >= 15 is 0 Å².